The van der Waals surface area contributed by atoms with Crippen molar-refractivity contribution in [1.29, 1.82) is 0 Å². The van der Waals surface area contributed by atoms with Crippen LogP contribution in [0.2, 0.25) is 0 Å². The summed E-state index contributed by atoms with van der Waals surface area (Å²) in [6, 6.07) is 20.1. The molecule has 0 saturated heterocycles. The number of carbonyl (C=O) groups excluding carboxylic acids is 3. The average molecular weight is 649 g/mol. The molecule has 4 amide bonds. The largest absolute Gasteiger partial charge is 0.343 e. The van der Waals surface area contributed by atoms with Crippen LogP contribution in [-0.2, 0) is 22.6 Å². The highest BCUT2D eigenvalue weighted by atomic mass is 79.9. The van der Waals surface area contributed by atoms with Crippen molar-refractivity contribution in [3.05, 3.63) is 82.3 Å². The smallest absolute Gasteiger partial charge is 0.318 e. The second-order valence-corrected chi connectivity index (χ2v) is 12.6. The van der Waals surface area contributed by atoms with E-state index < -0.39 is 12.1 Å². The van der Waals surface area contributed by atoms with E-state index in [1.807, 2.05) is 68.4 Å². The molecule has 1 aliphatic rings. The number of nitrogens with zero attached hydrogens (tertiary/aromatic N) is 1. The van der Waals surface area contributed by atoms with Crippen LogP contribution in [-0.4, -0.2) is 37.0 Å². The normalized spacial score (nSPS) is 15.7. The molecule has 4 aromatic rings. The Morgan fingerprint density at radius 1 is 1.10 bits per heavy atom. The van der Waals surface area contributed by atoms with E-state index in [9.17, 15) is 14.4 Å². The molecular weight excluding hydrogens is 614 g/mol. The Bertz CT molecular complexity index is 1650. The third kappa shape index (κ3) is 6.06. The number of nitrogens with two attached hydrogens (primary N) is 1. The second kappa shape index (κ2) is 12.6. The fraction of sp³-hybridized carbons (Fsp3) is 0.281. The molecule has 0 aliphatic carbocycles. The monoisotopic (exact) mass is 647 g/mol. The van der Waals surface area contributed by atoms with Gasteiger partial charge in [-0.05, 0) is 70.1 Å². The van der Waals surface area contributed by atoms with Gasteiger partial charge in [0.1, 0.15) is 6.04 Å². The molecule has 42 heavy (non-hydrogen) atoms. The highest BCUT2D eigenvalue weighted by Gasteiger charge is 2.33. The maximum Gasteiger partial charge on any atom is 0.318 e. The maximum atomic E-state index is 13.9. The summed E-state index contributed by atoms with van der Waals surface area (Å²) in [5.41, 5.74) is 10.6. The number of nitrogens with one attached hydrogen (secondary N) is 3. The lowest BCUT2D eigenvalue weighted by molar-refractivity contribution is -0.129. The molecule has 218 valence electrons. The van der Waals surface area contributed by atoms with Crippen molar-refractivity contribution in [3.63, 3.8) is 0 Å². The minimum Gasteiger partial charge on any atom is -0.343 e. The highest BCUT2D eigenvalue weighted by Crippen LogP contribution is 2.45. The quantitative estimate of drug-likeness (QED) is 0.196. The summed E-state index contributed by atoms with van der Waals surface area (Å²) in [7, 11) is 1.58. The van der Waals surface area contributed by atoms with E-state index in [4.69, 9.17) is 5.73 Å². The molecule has 0 bridgehead atoms. The molecule has 5 N–H and O–H groups in total. The van der Waals surface area contributed by atoms with E-state index in [2.05, 4.69) is 44.0 Å². The number of halogens is 1. The molecule has 10 heteroatoms. The summed E-state index contributed by atoms with van der Waals surface area (Å²) < 4.78 is 2.00. The van der Waals surface area contributed by atoms with Crippen LogP contribution in [0.1, 0.15) is 31.4 Å². The zero-order valence-corrected chi connectivity index (χ0v) is 26.1. The van der Waals surface area contributed by atoms with E-state index in [1.54, 1.807) is 23.3 Å². The lowest BCUT2D eigenvalue weighted by Gasteiger charge is -2.27. The number of amides is 4. The van der Waals surface area contributed by atoms with Gasteiger partial charge in [0, 0.05) is 32.9 Å². The van der Waals surface area contributed by atoms with Gasteiger partial charge in [-0.15, -0.1) is 11.3 Å². The molecule has 1 aromatic heterocycles. The SMILES string of the molecule is CNC(=O)Nc1ccccc1-c1sc2ccc(CN3C(=O)[C@H](NC(=O)C(N)C(C)C)CCc4ccccc43)cc2c1Br. The number of anilines is 2. The van der Waals surface area contributed by atoms with Gasteiger partial charge in [-0.25, -0.2) is 4.79 Å². The fourth-order valence-electron chi connectivity index (χ4n) is 5.13. The van der Waals surface area contributed by atoms with Crippen LogP contribution >= 0.6 is 27.3 Å². The number of urea groups is 1. The summed E-state index contributed by atoms with van der Waals surface area (Å²) in [5, 5.41) is 9.45. The number of aryl methyl sites for hydroxylation is 1. The minimum atomic E-state index is -0.680. The van der Waals surface area contributed by atoms with Gasteiger partial charge in [0.15, 0.2) is 0 Å². The Morgan fingerprint density at radius 3 is 2.60 bits per heavy atom. The Hall–Kier alpha value is -3.73. The lowest BCUT2D eigenvalue weighted by atomic mass is 10.0. The van der Waals surface area contributed by atoms with Gasteiger partial charge in [-0.2, -0.15) is 0 Å². The first-order valence-corrected chi connectivity index (χ1v) is 15.5. The number of hydrogen-bond donors (Lipinski definition) is 4. The lowest BCUT2D eigenvalue weighted by Crippen LogP contribution is -2.53. The van der Waals surface area contributed by atoms with Crippen molar-refractivity contribution in [2.75, 3.05) is 17.3 Å². The van der Waals surface area contributed by atoms with Gasteiger partial charge in [0.05, 0.1) is 23.2 Å². The number of fused-ring (bicyclic) bond motifs is 2. The molecule has 1 unspecified atom stereocenters. The zero-order valence-electron chi connectivity index (χ0n) is 23.7. The first-order valence-electron chi connectivity index (χ1n) is 13.9. The van der Waals surface area contributed by atoms with Crippen LogP contribution < -0.4 is 26.6 Å². The second-order valence-electron chi connectivity index (χ2n) is 10.7. The fourth-order valence-corrected chi connectivity index (χ4v) is 7.16. The van der Waals surface area contributed by atoms with Crippen molar-refractivity contribution >= 4 is 66.6 Å². The third-order valence-corrected chi connectivity index (χ3v) is 9.86. The van der Waals surface area contributed by atoms with Crippen LogP contribution in [0, 0.1) is 5.92 Å². The summed E-state index contributed by atoms with van der Waals surface area (Å²) in [5.74, 6) is -0.494. The minimum absolute atomic E-state index is 0.0357. The predicted molar refractivity (Wildman–Crippen MR) is 174 cm³/mol. The Balaban J connectivity index is 1.48. The van der Waals surface area contributed by atoms with E-state index in [0.29, 0.717) is 25.1 Å². The Kier molecular flexibility index (Phi) is 8.96. The molecule has 3 aromatic carbocycles. The van der Waals surface area contributed by atoms with E-state index in [0.717, 1.165) is 41.8 Å². The molecule has 0 radical (unpaired) electrons. The van der Waals surface area contributed by atoms with Crippen molar-refractivity contribution in [1.82, 2.24) is 10.6 Å². The van der Waals surface area contributed by atoms with E-state index in [1.165, 1.54) is 0 Å². The maximum absolute atomic E-state index is 13.9. The number of carbonyl (C=O) groups is 3. The van der Waals surface area contributed by atoms with Gasteiger partial charge in [0.25, 0.3) is 0 Å². The molecule has 2 atom stereocenters. The molecule has 0 fully saturated rings. The highest BCUT2D eigenvalue weighted by molar-refractivity contribution is 9.10. The zero-order chi connectivity index (χ0) is 30.0. The molecule has 5 rings (SSSR count). The topological polar surface area (TPSA) is 117 Å². The van der Waals surface area contributed by atoms with Crippen LogP contribution in [0.5, 0.6) is 0 Å². The molecule has 1 aliphatic heterocycles. The van der Waals surface area contributed by atoms with Crippen molar-refractivity contribution in [2.45, 2.75) is 45.3 Å². The number of benzene rings is 3. The molecule has 0 spiro atoms. The summed E-state index contributed by atoms with van der Waals surface area (Å²) in [6.07, 6.45) is 1.17. The Morgan fingerprint density at radius 2 is 1.83 bits per heavy atom. The Labute approximate surface area is 257 Å². The number of rotatable bonds is 7. The van der Waals surface area contributed by atoms with Crippen molar-refractivity contribution in [3.8, 4) is 10.4 Å². The van der Waals surface area contributed by atoms with Crippen LogP contribution in [0.4, 0.5) is 16.2 Å². The number of thiophene rings is 1. The molecule has 8 nitrogen and oxygen atoms in total. The molecule has 0 saturated carbocycles. The van der Waals surface area contributed by atoms with E-state index in [-0.39, 0.29) is 23.8 Å². The van der Waals surface area contributed by atoms with Crippen LogP contribution in [0.25, 0.3) is 20.5 Å². The summed E-state index contributed by atoms with van der Waals surface area (Å²) >= 11 is 5.45. The molecule has 2 heterocycles. The van der Waals surface area contributed by atoms with Gasteiger partial charge in [-0.3, -0.25) is 9.59 Å². The summed E-state index contributed by atoms with van der Waals surface area (Å²) in [6.45, 7) is 4.13. The van der Waals surface area contributed by atoms with Crippen molar-refractivity contribution in [2.24, 2.45) is 11.7 Å². The third-order valence-electron chi connectivity index (χ3n) is 7.57. The van der Waals surface area contributed by atoms with Gasteiger partial charge in [-0.1, -0.05) is 56.3 Å². The van der Waals surface area contributed by atoms with Gasteiger partial charge in [0.2, 0.25) is 11.8 Å². The number of para-hydroxylation sites is 2. The number of hydrogen-bond acceptors (Lipinski definition) is 5. The average Bonchev–Trinajstić information content (AvgIpc) is 3.26. The van der Waals surface area contributed by atoms with E-state index >= 15 is 0 Å². The summed E-state index contributed by atoms with van der Waals surface area (Å²) in [4.78, 5) is 41.6. The van der Waals surface area contributed by atoms with Crippen LogP contribution in [0.3, 0.4) is 0 Å². The van der Waals surface area contributed by atoms with Gasteiger partial charge >= 0.3 is 6.03 Å². The molecular formula is C32H34BrN5O3S. The first-order chi connectivity index (χ1) is 20.2. The predicted octanol–water partition coefficient (Wildman–Crippen LogP) is 6.03. The standard InChI is InChI=1S/C32H34BrN5O3S/c1-18(2)28(34)30(39)36-24-14-13-20-8-4-7-11-25(20)38(31(24)40)17-19-12-15-26-22(16-19)27(33)29(42-26)21-9-5-6-10-23(21)37-32(41)35-3/h4-12,15-16,18,24,28H,13-14,17,34H2,1-3H3,(H,36,39)(H2,35,37,41)/t24-,28?/m1/s1. The van der Waals surface area contributed by atoms with Crippen LogP contribution in [0.15, 0.2) is 71.2 Å². The van der Waals surface area contributed by atoms with Crippen molar-refractivity contribution < 1.29 is 14.4 Å². The first kappa shape index (κ1) is 29.8. The van der Waals surface area contributed by atoms with Gasteiger partial charge < -0.3 is 26.6 Å².